The smallest absolute Gasteiger partial charge is 0.292 e. The van der Waals surface area contributed by atoms with E-state index in [2.05, 4.69) is 15.5 Å². The molecule has 0 spiro atoms. The second-order valence-corrected chi connectivity index (χ2v) is 3.30. The van der Waals surface area contributed by atoms with Gasteiger partial charge in [0.2, 0.25) is 5.89 Å². The van der Waals surface area contributed by atoms with Crippen molar-refractivity contribution in [3.05, 3.63) is 11.7 Å². The highest BCUT2D eigenvalue weighted by Gasteiger charge is 2.15. The Balaban J connectivity index is 2.63. The minimum Gasteiger partial charge on any atom is -0.352 e. The van der Waals surface area contributed by atoms with Crippen LogP contribution in [0.2, 0.25) is 0 Å². The van der Waals surface area contributed by atoms with Crippen LogP contribution in [0.25, 0.3) is 0 Å². The molecule has 0 radical (unpaired) electrons. The summed E-state index contributed by atoms with van der Waals surface area (Å²) in [6, 6.07) is 0. The molecular weight excluding hydrogens is 196 g/mol. The number of hydrogen-bond donors (Lipinski definition) is 2. The van der Waals surface area contributed by atoms with E-state index in [9.17, 15) is 4.79 Å². The predicted molar refractivity (Wildman–Crippen MR) is 54.2 cm³/mol. The van der Waals surface area contributed by atoms with E-state index in [4.69, 9.17) is 10.3 Å². The summed E-state index contributed by atoms with van der Waals surface area (Å²) in [6.07, 6.45) is 1.57. The van der Waals surface area contributed by atoms with Gasteiger partial charge >= 0.3 is 0 Å². The third-order valence-corrected chi connectivity index (χ3v) is 2.27. The van der Waals surface area contributed by atoms with Gasteiger partial charge in [-0.2, -0.15) is 4.98 Å². The monoisotopic (exact) mass is 212 g/mol. The molecule has 1 aromatic rings. The SMILES string of the molecule is CCC(CN)Cc1nc(C(=O)NC)no1. The van der Waals surface area contributed by atoms with Gasteiger partial charge in [0.25, 0.3) is 11.7 Å². The molecule has 0 bridgehead atoms. The molecule has 1 heterocycles. The van der Waals surface area contributed by atoms with Crippen molar-refractivity contribution in [1.82, 2.24) is 15.5 Å². The van der Waals surface area contributed by atoms with Crippen LogP contribution in [0.5, 0.6) is 0 Å². The highest BCUT2D eigenvalue weighted by molar-refractivity contribution is 5.89. The number of carbonyl (C=O) groups excluding carboxylic acids is 1. The average molecular weight is 212 g/mol. The summed E-state index contributed by atoms with van der Waals surface area (Å²) in [7, 11) is 1.52. The largest absolute Gasteiger partial charge is 0.352 e. The molecule has 0 saturated heterocycles. The lowest BCUT2D eigenvalue weighted by Gasteiger charge is -2.07. The summed E-state index contributed by atoms with van der Waals surface area (Å²) in [5.41, 5.74) is 5.55. The summed E-state index contributed by atoms with van der Waals surface area (Å²) in [4.78, 5) is 15.1. The van der Waals surface area contributed by atoms with Gasteiger partial charge < -0.3 is 15.6 Å². The lowest BCUT2D eigenvalue weighted by Crippen LogP contribution is -2.19. The first-order chi connectivity index (χ1) is 7.21. The zero-order chi connectivity index (χ0) is 11.3. The Morgan fingerprint density at radius 1 is 1.67 bits per heavy atom. The molecule has 0 aliphatic heterocycles. The molecule has 15 heavy (non-hydrogen) atoms. The van der Waals surface area contributed by atoms with Crippen LogP contribution in [-0.4, -0.2) is 29.6 Å². The van der Waals surface area contributed by atoms with E-state index in [0.717, 1.165) is 6.42 Å². The first-order valence-electron chi connectivity index (χ1n) is 4.96. The minimum atomic E-state index is -0.342. The van der Waals surface area contributed by atoms with Crippen LogP contribution in [0, 0.1) is 5.92 Å². The molecule has 1 atom stereocenters. The number of amides is 1. The Bertz CT molecular complexity index is 320. The van der Waals surface area contributed by atoms with Crippen molar-refractivity contribution in [2.24, 2.45) is 11.7 Å². The molecule has 1 aromatic heterocycles. The van der Waals surface area contributed by atoms with Gasteiger partial charge in [-0.3, -0.25) is 4.79 Å². The Kier molecular flexibility index (Phi) is 4.23. The molecule has 0 fully saturated rings. The zero-order valence-corrected chi connectivity index (χ0v) is 8.99. The summed E-state index contributed by atoms with van der Waals surface area (Å²) < 4.78 is 4.94. The zero-order valence-electron chi connectivity index (χ0n) is 8.99. The Morgan fingerprint density at radius 3 is 2.93 bits per heavy atom. The van der Waals surface area contributed by atoms with Crippen molar-refractivity contribution in [2.45, 2.75) is 19.8 Å². The molecule has 3 N–H and O–H groups in total. The minimum absolute atomic E-state index is 0.0689. The summed E-state index contributed by atoms with van der Waals surface area (Å²) in [5, 5.41) is 6.00. The molecule has 1 amide bonds. The number of rotatable bonds is 5. The molecule has 6 nitrogen and oxygen atoms in total. The Hall–Kier alpha value is -1.43. The van der Waals surface area contributed by atoms with E-state index in [1.807, 2.05) is 6.92 Å². The number of nitrogens with zero attached hydrogens (tertiary/aromatic N) is 2. The number of aromatic nitrogens is 2. The number of carbonyl (C=O) groups is 1. The molecule has 6 heteroatoms. The van der Waals surface area contributed by atoms with Gasteiger partial charge in [0.05, 0.1) is 0 Å². The van der Waals surface area contributed by atoms with Crippen LogP contribution >= 0.6 is 0 Å². The maximum atomic E-state index is 11.1. The summed E-state index contributed by atoms with van der Waals surface area (Å²) >= 11 is 0. The van der Waals surface area contributed by atoms with E-state index < -0.39 is 0 Å². The molecule has 0 aromatic carbocycles. The van der Waals surface area contributed by atoms with Gasteiger partial charge in [-0.1, -0.05) is 18.5 Å². The fraction of sp³-hybridized carbons (Fsp3) is 0.667. The standard InChI is InChI=1S/C9H16N4O2/c1-3-6(5-10)4-7-12-8(13-15-7)9(14)11-2/h6H,3-5,10H2,1-2H3,(H,11,14). The van der Waals surface area contributed by atoms with E-state index in [-0.39, 0.29) is 11.7 Å². The van der Waals surface area contributed by atoms with E-state index in [1.54, 1.807) is 0 Å². The van der Waals surface area contributed by atoms with Gasteiger partial charge in [0.1, 0.15) is 0 Å². The van der Waals surface area contributed by atoms with Crippen LogP contribution < -0.4 is 11.1 Å². The van der Waals surface area contributed by atoms with E-state index in [1.165, 1.54) is 7.05 Å². The number of hydrogen-bond acceptors (Lipinski definition) is 5. The third kappa shape index (κ3) is 3.02. The lowest BCUT2D eigenvalue weighted by molar-refractivity contribution is 0.0950. The Morgan fingerprint density at radius 2 is 2.40 bits per heavy atom. The molecule has 84 valence electrons. The second-order valence-electron chi connectivity index (χ2n) is 3.30. The van der Waals surface area contributed by atoms with Crippen LogP contribution in [0.3, 0.4) is 0 Å². The first-order valence-corrected chi connectivity index (χ1v) is 4.96. The quantitative estimate of drug-likeness (QED) is 0.714. The third-order valence-electron chi connectivity index (χ3n) is 2.27. The van der Waals surface area contributed by atoms with Crippen molar-refractivity contribution >= 4 is 5.91 Å². The first kappa shape index (κ1) is 11.6. The molecule has 1 rings (SSSR count). The van der Waals surface area contributed by atoms with Gasteiger partial charge in [0.15, 0.2) is 0 Å². The van der Waals surface area contributed by atoms with Gasteiger partial charge in [-0.25, -0.2) is 0 Å². The molecule has 0 saturated carbocycles. The van der Waals surface area contributed by atoms with Crippen LogP contribution in [-0.2, 0) is 6.42 Å². The van der Waals surface area contributed by atoms with Crippen LogP contribution in [0.15, 0.2) is 4.52 Å². The molecule has 0 aliphatic carbocycles. The Labute approximate surface area is 88.2 Å². The highest BCUT2D eigenvalue weighted by atomic mass is 16.5. The average Bonchev–Trinajstić information content (AvgIpc) is 2.73. The van der Waals surface area contributed by atoms with Crippen molar-refractivity contribution in [2.75, 3.05) is 13.6 Å². The van der Waals surface area contributed by atoms with Gasteiger partial charge in [0, 0.05) is 13.5 Å². The normalized spacial score (nSPS) is 12.5. The second kappa shape index (κ2) is 5.45. The predicted octanol–water partition coefficient (Wildman–Crippen LogP) is -0.0434. The van der Waals surface area contributed by atoms with E-state index >= 15 is 0 Å². The van der Waals surface area contributed by atoms with Gasteiger partial charge in [-0.15, -0.1) is 0 Å². The van der Waals surface area contributed by atoms with E-state index in [0.29, 0.717) is 24.8 Å². The summed E-state index contributed by atoms with van der Waals surface area (Å²) in [5.74, 6) is 0.513. The van der Waals surface area contributed by atoms with Crippen molar-refractivity contribution < 1.29 is 9.32 Å². The molecule has 0 aliphatic rings. The molecular formula is C9H16N4O2. The highest BCUT2D eigenvalue weighted by Crippen LogP contribution is 2.09. The fourth-order valence-corrected chi connectivity index (χ4v) is 1.18. The maximum absolute atomic E-state index is 11.1. The topological polar surface area (TPSA) is 94.0 Å². The number of nitrogens with two attached hydrogens (primary N) is 1. The van der Waals surface area contributed by atoms with Crippen LogP contribution in [0.4, 0.5) is 0 Å². The van der Waals surface area contributed by atoms with Gasteiger partial charge in [-0.05, 0) is 12.5 Å². The van der Waals surface area contributed by atoms with Crippen molar-refractivity contribution in [1.29, 1.82) is 0 Å². The van der Waals surface area contributed by atoms with Crippen LogP contribution in [0.1, 0.15) is 29.9 Å². The number of nitrogens with one attached hydrogen (secondary N) is 1. The summed E-state index contributed by atoms with van der Waals surface area (Å²) in [6.45, 7) is 2.63. The maximum Gasteiger partial charge on any atom is 0.292 e. The lowest BCUT2D eigenvalue weighted by atomic mass is 10.0. The van der Waals surface area contributed by atoms with Crippen molar-refractivity contribution in [3.63, 3.8) is 0 Å². The fourth-order valence-electron chi connectivity index (χ4n) is 1.18. The van der Waals surface area contributed by atoms with Crippen molar-refractivity contribution in [3.8, 4) is 0 Å². The molecule has 1 unspecified atom stereocenters.